The third kappa shape index (κ3) is 3.64. The highest BCUT2D eigenvalue weighted by atomic mass is 16.2. The van der Waals surface area contributed by atoms with Gasteiger partial charge in [-0.15, -0.1) is 0 Å². The quantitative estimate of drug-likeness (QED) is 0.941. The summed E-state index contributed by atoms with van der Waals surface area (Å²) in [6.45, 7) is 1.88. The van der Waals surface area contributed by atoms with E-state index in [4.69, 9.17) is 0 Å². The van der Waals surface area contributed by atoms with Crippen molar-refractivity contribution < 1.29 is 4.79 Å². The van der Waals surface area contributed by atoms with Gasteiger partial charge in [0.2, 0.25) is 5.91 Å². The van der Waals surface area contributed by atoms with Crippen LogP contribution in [0.3, 0.4) is 0 Å². The molecule has 0 bridgehead atoms. The summed E-state index contributed by atoms with van der Waals surface area (Å²) in [6, 6.07) is 22.0. The Morgan fingerprint density at radius 1 is 1.04 bits per heavy atom. The summed E-state index contributed by atoms with van der Waals surface area (Å²) in [5, 5.41) is 12.6. The predicted octanol–water partition coefficient (Wildman–Crippen LogP) is 3.18. The number of nitrogens with zero attached hydrogens (tertiary/aromatic N) is 2. The molecular formula is C20H21N3O. The Balaban J connectivity index is 1.57. The second kappa shape index (κ2) is 7.29. The summed E-state index contributed by atoms with van der Waals surface area (Å²) in [4.78, 5) is 14.3. The number of likely N-dealkylation sites (tertiary alicyclic amines) is 1. The number of carbonyl (C=O) groups excluding carboxylic acids is 1. The van der Waals surface area contributed by atoms with E-state index in [9.17, 15) is 10.1 Å². The van der Waals surface area contributed by atoms with Gasteiger partial charge in [0.25, 0.3) is 0 Å². The van der Waals surface area contributed by atoms with Crippen molar-refractivity contribution in [3.05, 3.63) is 66.2 Å². The van der Waals surface area contributed by atoms with Crippen LogP contribution < -0.4 is 5.32 Å². The van der Waals surface area contributed by atoms with Gasteiger partial charge in [0.15, 0.2) is 0 Å². The van der Waals surface area contributed by atoms with E-state index in [1.54, 1.807) is 0 Å². The Labute approximate surface area is 142 Å². The minimum Gasteiger partial charge on any atom is -0.325 e. The second-order valence-corrected chi connectivity index (χ2v) is 6.25. The molecule has 1 N–H and O–H groups in total. The van der Waals surface area contributed by atoms with Crippen LogP contribution in [0.2, 0.25) is 0 Å². The lowest BCUT2D eigenvalue weighted by Crippen LogP contribution is -2.44. The minimum absolute atomic E-state index is 0.00892. The van der Waals surface area contributed by atoms with Crippen molar-refractivity contribution in [2.45, 2.75) is 18.3 Å². The molecule has 1 aliphatic rings. The molecule has 4 heteroatoms. The van der Waals surface area contributed by atoms with E-state index >= 15 is 0 Å². The van der Waals surface area contributed by atoms with E-state index in [1.807, 2.05) is 60.7 Å². The number of benzene rings is 2. The van der Waals surface area contributed by atoms with Crippen molar-refractivity contribution in [3.8, 4) is 6.07 Å². The Bertz CT molecular complexity index is 714. The first-order valence-corrected chi connectivity index (χ1v) is 8.26. The first kappa shape index (κ1) is 16.2. The fourth-order valence-electron chi connectivity index (χ4n) is 3.24. The summed E-state index contributed by atoms with van der Waals surface area (Å²) in [5.41, 5.74) is 1.48. The van der Waals surface area contributed by atoms with Crippen LogP contribution in [0.15, 0.2) is 60.7 Å². The molecule has 2 aromatic carbocycles. The average Bonchev–Trinajstić information content (AvgIpc) is 2.64. The summed E-state index contributed by atoms with van der Waals surface area (Å²) >= 11 is 0. The zero-order valence-electron chi connectivity index (χ0n) is 13.6. The topological polar surface area (TPSA) is 56.1 Å². The molecule has 1 aliphatic heterocycles. The summed E-state index contributed by atoms with van der Waals surface area (Å²) in [6.07, 6.45) is 1.51. The molecule has 0 atom stereocenters. The number of para-hydroxylation sites is 1. The summed E-state index contributed by atoms with van der Waals surface area (Å²) < 4.78 is 0. The molecule has 0 aliphatic carbocycles. The number of nitrogens with one attached hydrogen (secondary N) is 1. The van der Waals surface area contributed by atoms with Gasteiger partial charge < -0.3 is 5.32 Å². The van der Waals surface area contributed by atoms with Crippen molar-refractivity contribution in [1.29, 1.82) is 5.26 Å². The van der Waals surface area contributed by atoms with Crippen molar-refractivity contribution in [1.82, 2.24) is 4.90 Å². The second-order valence-electron chi connectivity index (χ2n) is 6.25. The fraction of sp³-hybridized carbons (Fsp3) is 0.300. The lowest BCUT2D eigenvalue weighted by atomic mass is 9.74. The highest BCUT2D eigenvalue weighted by Gasteiger charge is 2.36. The van der Waals surface area contributed by atoms with Gasteiger partial charge in [-0.3, -0.25) is 9.69 Å². The van der Waals surface area contributed by atoms with Gasteiger partial charge >= 0.3 is 0 Å². The van der Waals surface area contributed by atoms with Gasteiger partial charge in [-0.2, -0.15) is 5.26 Å². The summed E-state index contributed by atoms with van der Waals surface area (Å²) in [7, 11) is 0. The van der Waals surface area contributed by atoms with Gasteiger partial charge in [-0.25, -0.2) is 0 Å². The number of carbonyl (C=O) groups is 1. The van der Waals surface area contributed by atoms with Gasteiger partial charge in [0, 0.05) is 18.8 Å². The fourth-order valence-corrected chi connectivity index (χ4v) is 3.24. The maximum atomic E-state index is 12.2. The van der Waals surface area contributed by atoms with E-state index in [2.05, 4.69) is 16.3 Å². The first-order chi connectivity index (χ1) is 11.7. The van der Waals surface area contributed by atoms with Gasteiger partial charge in [-0.1, -0.05) is 48.5 Å². The van der Waals surface area contributed by atoms with Gasteiger partial charge in [0.1, 0.15) is 0 Å². The maximum Gasteiger partial charge on any atom is 0.238 e. The third-order valence-electron chi connectivity index (χ3n) is 4.67. The van der Waals surface area contributed by atoms with E-state index in [-0.39, 0.29) is 5.91 Å². The molecule has 0 radical (unpaired) electrons. The van der Waals surface area contributed by atoms with Crippen molar-refractivity contribution >= 4 is 11.6 Å². The number of hydrogen-bond acceptors (Lipinski definition) is 3. The third-order valence-corrected chi connectivity index (χ3v) is 4.67. The minimum atomic E-state index is -0.423. The van der Waals surface area contributed by atoms with Gasteiger partial charge in [-0.05, 0) is 30.5 Å². The Hall–Kier alpha value is -2.64. The van der Waals surface area contributed by atoms with E-state index in [0.717, 1.165) is 37.2 Å². The van der Waals surface area contributed by atoms with Gasteiger partial charge in [0.05, 0.1) is 18.0 Å². The molecule has 1 heterocycles. The lowest BCUT2D eigenvalue weighted by molar-refractivity contribution is -0.117. The van der Waals surface area contributed by atoms with Crippen LogP contribution >= 0.6 is 0 Å². The van der Waals surface area contributed by atoms with Crippen LogP contribution in [0.1, 0.15) is 18.4 Å². The molecule has 0 spiro atoms. The SMILES string of the molecule is N#CC1(c2ccccc2)CCN(CC(=O)Nc2ccccc2)CC1. The van der Waals surface area contributed by atoms with Crippen molar-refractivity contribution in [2.24, 2.45) is 0 Å². The zero-order chi connectivity index (χ0) is 16.8. The number of nitriles is 1. The smallest absolute Gasteiger partial charge is 0.238 e. The van der Waals surface area contributed by atoms with Crippen LogP contribution in [0, 0.1) is 11.3 Å². The van der Waals surface area contributed by atoms with Crippen LogP contribution in [0.5, 0.6) is 0 Å². The molecule has 122 valence electrons. The number of hydrogen-bond donors (Lipinski definition) is 1. The highest BCUT2D eigenvalue weighted by molar-refractivity contribution is 5.92. The maximum absolute atomic E-state index is 12.2. The standard InChI is InChI=1S/C20H21N3O/c21-16-20(17-7-3-1-4-8-17)11-13-23(14-12-20)15-19(24)22-18-9-5-2-6-10-18/h1-10H,11-15H2,(H,22,24). The number of rotatable bonds is 4. The first-order valence-electron chi connectivity index (χ1n) is 8.26. The highest BCUT2D eigenvalue weighted by Crippen LogP contribution is 2.34. The molecule has 1 fully saturated rings. The van der Waals surface area contributed by atoms with Crippen molar-refractivity contribution in [2.75, 3.05) is 25.0 Å². The zero-order valence-corrected chi connectivity index (χ0v) is 13.6. The molecule has 1 saturated heterocycles. The van der Waals surface area contributed by atoms with Crippen LogP contribution in [0.4, 0.5) is 5.69 Å². The van der Waals surface area contributed by atoms with Crippen molar-refractivity contribution in [3.63, 3.8) is 0 Å². The molecule has 3 rings (SSSR count). The molecule has 2 aromatic rings. The van der Waals surface area contributed by atoms with E-state index in [0.29, 0.717) is 6.54 Å². The predicted molar refractivity (Wildman–Crippen MR) is 94.5 cm³/mol. The molecule has 24 heavy (non-hydrogen) atoms. The lowest BCUT2D eigenvalue weighted by Gasteiger charge is -2.37. The molecule has 0 aromatic heterocycles. The largest absolute Gasteiger partial charge is 0.325 e. The molecule has 1 amide bonds. The number of piperidine rings is 1. The Morgan fingerprint density at radius 3 is 2.21 bits per heavy atom. The molecular weight excluding hydrogens is 298 g/mol. The van der Waals surface area contributed by atoms with Crippen LogP contribution in [0.25, 0.3) is 0 Å². The van der Waals surface area contributed by atoms with Crippen LogP contribution in [-0.4, -0.2) is 30.4 Å². The number of amides is 1. The normalized spacial score (nSPS) is 17.0. The Morgan fingerprint density at radius 2 is 1.62 bits per heavy atom. The van der Waals surface area contributed by atoms with E-state index < -0.39 is 5.41 Å². The molecule has 0 saturated carbocycles. The average molecular weight is 319 g/mol. The Kier molecular flexibility index (Phi) is 4.93. The number of anilines is 1. The van der Waals surface area contributed by atoms with E-state index in [1.165, 1.54) is 0 Å². The monoisotopic (exact) mass is 319 g/mol. The van der Waals surface area contributed by atoms with Crippen LogP contribution in [-0.2, 0) is 10.2 Å². The molecule has 0 unspecified atom stereocenters. The summed E-state index contributed by atoms with van der Waals surface area (Å²) in [5.74, 6) is -0.00892. The molecule has 4 nitrogen and oxygen atoms in total.